The molecule has 3 amide bonds. The molecule has 8 nitrogen and oxygen atoms in total. The molecule has 0 aliphatic carbocycles. The number of unbranched alkanes of at least 4 members (excludes halogenated alkanes) is 1. The molecule has 0 aromatic heterocycles. The lowest BCUT2D eigenvalue weighted by Gasteiger charge is -2.38. The number of ether oxygens (including phenoxy) is 1. The average Bonchev–Trinajstić information content (AvgIpc) is 2.78. The van der Waals surface area contributed by atoms with Gasteiger partial charge in [-0.05, 0) is 52.2 Å². The van der Waals surface area contributed by atoms with E-state index in [-0.39, 0.29) is 5.91 Å². The molecule has 0 saturated heterocycles. The number of hydrogen-bond acceptors (Lipinski definition) is 5. The van der Waals surface area contributed by atoms with Gasteiger partial charge in [-0.2, -0.15) is 0 Å². The molecule has 0 bridgehead atoms. The maximum absolute atomic E-state index is 13.7. The molecule has 188 valence electrons. The first-order valence-corrected chi connectivity index (χ1v) is 11.8. The fourth-order valence-electron chi connectivity index (χ4n) is 3.38. The highest BCUT2D eigenvalue weighted by atomic mass is 16.6. The second-order valence-corrected chi connectivity index (χ2v) is 9.16. The topological polar surface area (TPSA) is 108 Å². The zero-order valence-electron chi connectivity index (χ0n) is 21.2. The third-order valence-corrected chi connectivity index (χ3v) is 5.26. The molecule has 0 radical (unpaired) electrons. The van der Waals surface area contributed by atoms with Gasteiger partial charge < -0.3 is 25.4 Å². The zero-order valence-corrected chi connectivity index (χ0v) is 21.2. The van der Waals surface area contributed by atoms with Gasteiger partial charge in [-0.25, -0.2) is 4.79 Å². The SMILES string of the molecule is C#Cc1ccccc1C(C(=O)NCCCC)N(C(=O)C(CO)NC(=O)OC(C)(C)C)C(C)CC. The van der Waals surface area contributed by atoms with Gasteiger partial charge in [0.2, 0.25) is 11.8 Å². The predicted octanol–water partition coefficient (Wildman–Crippen LogP) is 3.14. The monoisotopic (exact) mass is 473 g/mol. The number of nitrogens with one attached hydrogen (secondary N) is 2. The van der Waals surface area contributed by atoms with Crippen LogP contribution >= 0.6 is 0 Å². The van der Waals surface area contributed by atoms with Crippen LogP contribution in [0.3, 0.4) is 0 Å². The number of aliphatic hydroxyl groups is 1. The zero-order chi connectivity index (χ0) is 25.9. The quantitative estimate of drug-likeness (QED) is 0.338. The summed E-state index contributed by atoms with van der Waals surface area (Å²) in [4.78, 5) is 40.8. The molecule has 0 saturated carbocycles. The van der Waals surface area contributed by atoms with Gasteiger partial charge in [-0.3, -0.25) is 9.59 Å². The molecule has 1 aromatic carbocycles. The summed E-state index contributed by atoms with van der Waals surface area (Å²) < 4.78 is 5.24. The number of aliphatic hydroxyl groups excluding tert-OH is 1. The standard InChI is InChI=1S/C26H39N3O5/c1-8-11-16-27-23(31)22(20-15-13-12-14-19(20)10-3)29(18(4)9-2)24(32)21(17-30)28-25(33)34-26(5,6)7/h3,12-15,18,21-22,30H,8-9,11,16-17H2,1-2,4-7H3,(H,27,31)(H,28,33). The Labute approximate surface area is 203 Å². The van der Waals surface area contributed by atoms with Crippen molar-refractivity contribution < 1.29 is 24.2 Å². The molecular formula is C26H39N3O5. The van der Waals surface area contributed by atoms with Crippen LogP contribution in [0.25, 0.3) is 0 Å². The number of rotatable bonds is 11. The Kier molecular flexibility index (Phi) is 11.6. The van der Waals surface area contributed by atoms with Crippen LogP contribution in [0.15, 0.2) is 24.3 Å². The Hall–Kier alpha value is -3.05. The number of nitrogens with zero attached hydrogens (tertiary/aromatic N) is 1. The molecule has 1 aromatic rings. The number of benzene rings is 1. The maximum Gasteiger partial charge on any atom is 0.408 e. The minimum Gasteiger partial charge on any atom is -0.444 e. The van der Waals surface area contributed by atoms with Gasteiger partial charge in [-0.1, -0.05) is 44.4 Å². The third-order valence-electron chi connectivity index (χ3n) is 5.26. The van der Waals surface area contributed by atoms with E-state index in [0.29, 0.717) is 24.1 Å². The highest BCUT2D eigenvalue weighted by Crippen LogP contribution is 2.28. The minimum absolute atomic E-state index is 0.376. The summed E-state index contributed by atoms with van der Waals surface area (Å²) in [5.41, 5.74) is 0.207. The maximum atomic E-state index is 13.7. The molecule has 3 N–H and O–H groups in total. The summed E-state index contributed by atoms with van der Waals surface area (Å²) in [5.74, 6) is 1.61. The van der Waals surface area contributed by atoms with Gasteiger partial charge in [0, 0.05) is 18.2 Å². The minimum atomic E-state index is -1.30. The molecule has 3 atom stereocenters. The number of hydrogen-bond donors (Lipinski definition) is 3. The second-order valence-electron chi connectivity index (χ2n) is 9.16. The van der Waals surface area contributed by atoms with Gasteiger partial charge in [0.15, 0.2) is 0 Å². The Morgan fingerprint density at radius 1 is 1.21 bits per heavy atom. The first kappa shape index (κ1) is 29.0. The van der Waals surface area contributed by atoms with Crippen molar-refractivity contribution in [1.82, 2.24) is 15.5 Å². The number of terminal acetylenes is 1. The number of carbonyl (C=O) groups excluding carboxylic acids is 3. The van der Waals surface area contributed by atoms with Crippen LogP contribution in [0.2, 0.25) is 0 Å². The van der Waals surface area contributed by atoms with Gasteiger partial charge in [0.1, 0.15) is 17.7 Å². The van der Waals surface area contributed by atoms with E-state index < -0.39 is 42.3 Å². The summed E-state index contributed by atoms with van der Waals surface area (Å²) in [5, 5.41) is 15.3. The summed E-state index contributed by atoms with van der Waals surface area (Å²) in [6, 6.07) is 4.22. The molecule has 1 rings (SSSR count). The van der Waals surface area contributed by atoms with Crippen LogP contribution in [0.4, 0.5) is 4.79 Å². The van der Waals surface area contributed by atoms with E-state index in [1.165, 1.54) is 4.90 Å². The van der Waals surface area contributed by atoms with Crippen molar-refractivity contribution in [3.05, 3.63) is 35.4 Å². The van der Waals surface area contributed by atoms with Gasteiger partial charge in [-0.15, -0.1) is 6.42 Å². The van der Waals surface area contributed by atoms with Crippen LogP contribution in [0, 0.1) is 12.3 Å². The molecular weight excluding hydrogens is 434 g/mol. The van der Waals surface area contributed by atoms with E-state index in [1.54, 1.807) is 45.0 Å². The molecule has 0 aliphatic rings. The second kappa shape index (κ2) is 13.6. The Morgan fingerprint density at radius 3 is 2.38 bits per heavy atom. The molecule has 0 spiro atoms. The lowest BCUT2D eigenvalue weighted by Crippen LogP contribution is -2.56. The third kappa shape index (κ3) is 8.38. The van der Waals surface area contributed by atoms with Gasteiger partial charge >= 0.3 is 6.09 Å². The molecule has 34 heavy (non-hydrogen) atoms. The highest BCUT2D eigenvalue weighted by Gasteiger charge is 2.39. The van der Waals surface area contributed by atoms with Crippen LogP contribution < -0.4 is 10.6 Å². The summed E-state index contributed by atoms with van der Waals surface area (Å²) >= 11 is 0. The normalized spacial score (nSPS) is 13.7. The molecule has 3 unspecified atom stereocenters. The first-order chi connectivity index (χ1) is 16.0. The number of carbonyl (C=O) groups is 3. The average molecular weight is 474 g/mol. The molecule has 8 heteroatoms. The van der Waals surface area contributed by atoms with Crippen molar-refractivity contribution in [3.8, 4) is 12.3 Å². The lowest BCUT2D eigenvalue weighted by molar-refractivity contribution is -0.145. The van der Waals surface area contributed by atoms with Gasteiger partial charge in [0.05, 0.1) is 6.61 Å². The highest BCUT2D eigenvalue weighted by molar-refractivity contribution is 5.92. The van der Waals surface area contributed by atoms with Crippen molar-refractivity contribution >= 4 is 17.9 Å². The molecule has 0 fully saturated rings. The van der Waals surface area contributed by atoms with Crippen LogP contribution in [0.5, 0.6) is 0 Å². The predicted molar refractivity (Wildman–Crippen MR) is 132 cm³/mol. The Morgan fingerprint density at radius 2 is 1.85 bits per heavy atom. The summed E-state index contributed by atoms with van der Waals surface area (Å²) in [6.07, 6.45) is 7.08. The first-order valence-electron chi connectivity index (χ1n) is 11.8. The van der Waals surface area contributed by atoms with E-state index >= 15 is 0 Å². The van der Waals surface area contributed by atoms with Crippen molar-refractivity contribution in [2.24, 2.45) is 0 Å². The van der Waals surface area contributed by atoms with Gasteiger partial charge in [0.25, 0.3) is 0 Å². The van der Waals surface area contributed by atoms with E-state index in [0.717, 1.165) is 12.8 Å². The molecule has 0 aliphatic heterocycles. The van der Waals surface area contributed by atoms with Crippen LogP contribution in [-0.4, -0.2) is 58.8 Å². The number of alkyl carbamates (subject to hydrolysis) is 1. The van der Waals surface area contributed by atoms with E-state index in [4.69, 9.17) is 11.2 Å². The van der Waals surface area contributed by atoms with Crippen LogP contribution in [0.1, 0.15) is 78.0 Å². The van der Waals surface area contributed by atoms with Crippen molar-refractivity contribution in [1.29, 1.82) is 0 Å². The smallest absolute Gasteiger partial charge is 0.408 e. The Balaban J connectivity index is 3.47. The Bertz CT molecular complexity index is 872. The van der Waals surface area contributed by atoms with E-state index in [1.807, 2.05) is 20.8 Å². The van der Waals surface area contributed by atoms with Crippen molar-refractivity contribution in [2.75, 3.05) is 13.2 Å². The van der Waals surface area contributed by atoms with Crippen molar-refractivity contribution in [2.45, 2.75) is 84.5 Å². The molecule has 0 heterocycles. The summed E-state index contributed by atoms with van der Waals surface area (Å²) in [7, 11) is 0. The fourth-order valence-corrected chi connectivity index (χ4v) is 3.38. The van der Waals surface area contributed by atoms with Crippen molar-refractivity contribution in [3.63, 3.8) is 0 Å². The van der Waals surface area contributed by atoms with Crippen LogP contribution in [-0.2, 0) is 14.3 Å². The van der Waals surface area contributed by atoms with E-state index in [9.17, 15) is 19.5 Å². The van der Waals surface area contributed by atoms with E-state index in [2.05, 4.69) is 16.6 Å². The number of amides is 3. The lowest BCUT2D eigenvalue weighted by atomic mass is 9.95. The summed E-state index contributed by atoms with van der Waals surface area (Å²) in [6.45, 7) is 10.6. The largest absolute Gasteiger partial charge is 0.444 e. The fraction of sp³-hybridized carbons (Fsp3) is 0.577.